The quantitative estimate of drug-likeness (QED) is 0.164. The van der Waals surface area contributed by atoms with Gasteiger partial charge in [0.05, 0.1) is 0 Å². The Hall–Kier alpha value is -2.14. The average Bonchev–Trinajstić information content (AvgIpc) is 2.83. The molecule has 2 aliphatic rings. The Morgan fingerprint density at radius 1 is 0.939 bits per heavy atom. The largest absolute Gasteiger partial charge is 0.234 e. The van der Waals surface area contributed by atoms with E-state index in [2.05, 4.69) is 6.92 Å². The number of unbranched alkanes of at least 4 members (excludes halogenated alkanes) is 2. The van der Waals surface area contributed by atoms with Crippen molar-refractivity contribution >= 4 is 8.80 Å². The second-order valence-corrected chi connectivity index (χ2v) is 12.4. The van der Waals surface area contributed by atoms with Gasteiger partial charge in [-0.15, -0.1) is 0 Å². The monoisotopic (exact) mass is 471 g/mol. The summed E-state index contributed by atoms with van der Waals surface area (Å²) in [6, 6.07) is 12.6. The van der Waals surface area contributed by atoms with Crippen LogP contribution in [0.1, 0.15) is 51.0 Å². The Morgan fingerprint density at radius 3 is 2.45 bits per heavy atom. The Labute approximate surface area is 196 Å². The van der Waals surface area contributed by atoms with Crippen LogP contribution in [0, 0.1) is 23.4 Å². The van der Waals surface area contributed by atoms with Crippen molar-refractivity contribution < 1.29 is 17.6 Å². The molecule has 1 atom stereocenters. The first-order valence-electron chi connectivity index (χ1n) is 12.1. The predicted octanol–water partition coefficient (Wildman–Crippen LogP) is 8.92. The van der Waals surface area contributed by atoms with Gasteiger partial charge in [-0.2, -0.15) is 0 Å². The highest BCUT2D eigenvalue weighted by molar-refractivity contribution is 6.59. The van der Waals surface area contributed by atoms with Gasteiger partial charge < -0.3 is 0 Å². The van der Waals surface area contributed by atoms with E-state index in [1.165, 1.54) is 43.5 Å². The fraction of sp³-hybridized carbons (Fsp3) is 0.429. The lowest BCUT2D eigenvalue weighted by atomic mass is 9.79. The fourth-order valence-electron chi connectivity index (χ4n) is 5.23. The third-order valence-electron chi connectivity index (χ3n) is 7.12. The lowest BCUT2D eigenvalue weighted by Crippen LogP contribution is -2.25. The maximum Gasteiger partial charge on any atom is 0.195 e. The minimum Gasteiger partial charge on any atom is -0.234 e. The van der Waals surface area contributed by atoms with E-state index in [-0.39, 0.29) is 31.9 Å². The van der Waals surface area contributed by atoms with Crippen LogP contribution in [0.3, 0.4) is 0 Å². The van der Waals surface area contributed by atoms with Gasteiger partial charge in [0, 0.05) is 26.3 Å². The highest BCUT2D eigenvalue weighted by atomic mass is 28.3. The summed E-state index contributed by atoms with van der Waals surface area (Å²) in [7, 11) is -0.278. The molecule has 1 aliphatic carbocycles. The van der Waals surface area contributed by atoms with E-state index in [0.29, 0.717) is 5.92 Å². The Morgan fingerprint density at radius 2 is 1.70 bits per heavy atom. The molecule has 33 heavy (non-hydrogen) atoms. The van der Waals surface area contributed by atoms with Crippen LogP contribution in [0.2, 0.25) is 18.1 Å². The van der Waals surface area contributed by atoms with Crippen LogP contribution in [0.15, 0.2) is 60.2 Å². The lowest BCUT2D eigenvalue weighted by molar-refractivity contribution is 0.233. The SMILES string of the molecule is CCCCC[Si]1CCC(C2=CC(F)(c3ccccc3-c3ccc(F)c(F)c3F)CC=C2)CC1. The minimum absolute atomic E-state index is 0.122. The van der Waals surface area contributed by atoms with Crippen LogP contribution < -0.4 is 0 Å². The topological polar surface area (TPSA) is 0 Å². The van der Waals surface area contributed by atoms with Gasteiger partial charge in [0.1, 0.15) is 0 Å². The number of allylic oxidation sites excluding steroid dienone is 4. The van der Waals surface area contributed by atoms with E-state index >= 15 is 4.39 Å². The first kappa shape index (κ1) is 24.0. The normalized spacial score (nSPS) is 21.9. The molecule has 0 amide bonds. The van der Waals surface area contributed by atoms with Gasteiger partial charge in [0.2, 0.25) is 0 Å². The Balaban J connectivity index is 1.58. The number of alkyl halides is 1. The number of hydrogen-bond acceptors (Lipinski definition) is 0. The fourth-order valence-corrected chi connectivity index (χ4v) is 8.24. The van der Waals surface area contributed by atoms with Crippen LogP contribution >= 0.6 is 0 Å². The van der Waals surface area contributed by atoms with E-state index in [4.69, 9.17) is 0 Å². The Bertz CT molecular complexity index is 1040. The maximum absolute atomic E-state index is 16.4. The summed E-state index contributed by atoms with van der Waals surface area (Å²) in [6.45, 7) is 2.23. The van der Waals surface area contributed by atoms with Gasteiger partial charge in [-0.05, 0) is 48.1 Å². The highest BCUT2D eigenvalue weighted by Crippen LogP contribution is 2.45. The van der Waals surface area contributed by atoms with Gasteiger partial charge in [0.25, 0.3) is 0 Å². The molecule has 0 saturated carbocycles. The maximum atomic E-state index is 16.4. The Kier molecular flexibility index (Phi) is 7.57. The molecule has 0 bridgehead atoms. The molecule has 4 rings (SSSR count). The minimum atomic E-state index is -1.82. The van der Waals surface area contributed by atoms with E-state index in [1.54, 1.807) is 30.3 Å². The zero-order valence-electron chi connectivity index (χ0n) is 19.1. The van der Waals surface area contributed by atoms with Crippen molar-refractivity contribution in [3.63, 3.8) is 0 Å². The molecule has 0 aromatic heterocycles. The second kappa shape index (κ2) is 10.4. The summed E-state index contributed by atoms with van der Waals surface area (Å²) in [5.74, 6) is -3.72. The second-order valence-electron chi connectivity index (χ2n) is 9.36. The van der Waals surface area contributed by atoms with Crippen molar-refractivity contribution in [3.8, 4) is 11.1 Å². The smallest absolute Gasteiger partial charge is 0.195 e. The summed E-state index contributed by atoms with van der Waals surface area (Å²) in [5.41, 5.74) is -0.379. The molecule has 1 saturated heterocycles. The first-order valence-corrected chi connectivity index (χ1v) is 14.2. The zero-order chi connectivity index (χ0) is 23.4. The van der Waals surface area contributed by atoms with Crippen LogP contribution in [0.5, 0.6) is 0 Å². The number of benzene rings is 2. The number of halogens is 4. The van der Waals surface area contributed by atoms with E-state index < -0.39 is 23.1 Å². The average molecular weight is 472 g/mol. The van der Waals surface area contributed by atoms with E-state index in [1.807, 2.05) is 12.2 Å². The van der Waals surface area contributed by atoms with E-state index in [9.17, 15) is 13.2 Å². The molecule has 1 radical (unpaired) electrons. The molecule has 2 aromatic rings. The van der Waals surface area contributed by atoms with Crippen molar-refractivity contribution in [2.75, 3.05) is 0 Å². The van der Waals surface area contributed by atoms with Crippen molar-refractivity contribution in [3.05, 3.63) is 83.2 Å². The summed E-state index contributed by atoms with van der Waals surface area (Å²) in [5, 5.41) is 0. The third-order valence-corrected chi connectivity index (χ3v) is 10.2. The molecule has 0 N–H and O–H groups in total. The zero-order valence-corrected chi connectivity index (χ0v) is 20.1. The van der Waals surface area contributed by atoms with Gasteiger partial charge >= 0.3 is 0 Å². The van der Waals surface area contributed by atoms with Gasteiger partial charge in [-0.25, -0.2) is 17.6 Å². The standard InChI is InChI=1S/C28H31F4Si/c1-2-3-6-16-33-17-13-20(14-18-33)21-8-7-15-28(32,19-21)24-10-5-4-9-22(24)23-11-12-25(29)27(31)26(23)30/h4-5,7-12,19-20H,2-3,6,13-18H2,1H3. The molecule has 0 spiro atoms. The number of hydrogen-bond donors (Lipinski definition) is 0. The van der Waals surface area contributed by atoms with Crippen LogP contribution in [0.4, 0.5) is 17.6 Å². The molecule has 5 heteroatoms. The van der Waals surface area contributed by atoms with Gasteiger partial charge in [-0.3, -0.25) is 0 Å². The molecule has 1 heterocycles. The lowest BCUT2D eigenvalue weighted by Gasteiger charge is -2.33. The molecule has 2 aromatic carbocycles. The third kappa shape index (κ3) is 5.18. The molecular weight excluding hydrogens is 440 g/mol. The van der Waals surface area contributed by atoms with Crippen molar-refractivity contribution in [1.82, 2.24) is 0 Å². The molecule has 1 aliphatic heterocycles. The summed E-state index contributed by atoms with van der Waals surface area (Å²) >= 11 is 0. The molecule has 0 nitrogen and oxygen atoms in total. The summed E-state index contributed by atoms with van der Waals surface area (Å²) in [6.07, 6.45) is 11.8. The van der Waals surface area contributed by atoms with Gasteiger partial charge in [0.15, 0.2) is 23.1 Å². The van der Waals surface area contributed by atoms with E-state index in [0.717, 1.165) is 24.5 Å². The summed E-state index contributed by atoms with van der Waals surface area (Å²) < 4.78 is 58.4. The first-order chi connectivity index (χ1) is 15.9. The predicted molar refractivity (Wildman–Crippen MR) is 129 cm³/mol. The van der Waals surface area contributed by atoms with Crippen molar-refractivity contribution in [2.24, 2.45) is 5.92 Å². The van der Waals surface area contributed by atoms with Crippen LogP contribution in [-0.2, 0) is 5.67 Å². The van der Waals surface area contributed by atoms with Crippen LogP contribution in [-0.4, -0.2) is 8.80 Å². The number of rotatable bonds is 7. The molecule has 175 valence electrons. The van der Waals surface area contributed by atoms with Crippen molar-refractivity contribution in [2.45, 2.75) is 69.2 Å². The molecular formula is C28H31F4Si. The van der Waals surface area contributed by atoms with Crippen molar-refractivity contribution in [1.29, 1.82) is 0 Å². The molecule has 1 unspecified atom stereocenters. The van der Waals surface area contributed by atoms with Gasteiger partial charge in [-0.1, -0.05) is 80.7 Å². The molecule has 1 fully saturated rings. The summed E-state index contributed by atoms with van der Waals surface area (Å²) in [4.78, 5) is 0. The van der Waals surface area contributed by atoms with Crippen LogP contribution in [0.25, 0.3) is 11.1 Å². The highest BCUT2D eigenvalue weighted by Gasteiger charge is 2.36.